The van der Waals surface area contributed by atoms with Crippen molar-refractivity contribution in [2.24, 2.45) is 29.1 Å². The van der Waals surface area contributed by atoms with Crippen molar-refractivity contribution in [3.8, 4) is 0 Å². The lowest BCUT2D eigenvalue weighted by molar-refractivity contribution is -0.137. The Labute approximate surface area is 115 Å². The van der Waals surface area contributed by atoms with E-state index >= 15 is 0 Å². The topological polar surface area (TPSA) is 57.5 Å². The molecule has 0 bridgehead atoms. The zero-order valence-electron chi connectivity index (χ0n) is 12.0. The predicted octanol–water partition coefficient (Wildman–Crippen LogP) is 2.17. The molecule has 0 aliphatic heterocycles. The molecule has 2 rings (SSSR count). The fourth-order valence-corrected chi connectivity index (χ4v) is 4.10. The Balaban J connectivity index is 2.24. The molecular weight excluding hydrogens is 240 g/mol. The van der Waals surface area contributed by atoms with E-state index in [1.54, 1.807) is 0 Å². The Morgan fingerprint density at radius 1 is 1.32 bits per heavy atom. The maximum Gasteiger partial charge on any atom is 0.141 e. The third kappa shape index (κ3) is 2.50. The number of Topliss-reactive ketones (excluding diaryl/α,β-unsaturated/α-hetero) is 1. The van der Waals surface area contributed by atoms with Crippen LogP contribution in [0, 0.1) is 29.1 Å². The van der Waals surface area contributed by atoms with Gasteiger partial charge in [-0.15, -0.1) is 0 Å². The van der Waals surface area contributed by atoms with Crippen LogP contribution in [0.3, 0.4) is 0 Å². The molecule has 0 radical (unpaired) electrons. The van der Waals surface area contributed by atoms with Crippen LogP contribution in [0.15, 0.2) is 12.2 Å². The fraction of sp³-hybridized carbons (Fsp3) is 0.812. The molecule has 2 aliphatic carbocycles. The number of allylic oxidation sites excluding steroid dienone is 2. The molecule has 2 N–H and O–H groups in total. The lowest BCUT2D eigenvalue weighted by Crippen LogP contribution is -2.48. The second-order valence-corrected chi connectivity index (χ2v) is 6.49. The Kier molecular flexibility index (Phi) is 4.46. The third-order valence-electron chi connectivity index (χ3n) is 5.57. The van der Waals surface area contributed by atoms with E-state index in [9.17, 15) is 9.90 Å². The molecule has 1 saturated carbocycles. The van der Waals surface area contributed by atoms with Gasteiger partial charge in [-0.05, 0) is 42.9 Å². The number of ketones is 1. The Bertz CT molecular complexity index is 363. The van der Waals surface area contributed by atoms with Gasteiger partial charge in [-0.25, -0.2) is 0 Å². The van der Waals surface area contributed by atoms with Crippen molar-refractivity contribution < 1.29 is 15.0 Å². The van der Waals surface area contributed by atoms with E-state index in [0.29, 0.717) is 17.8 Å². The summed E-state index contributed by atoms with van der Waals surface area (Å²) in [5, 5.41) is 18.4. The number of fused-ring (bicyclic) bond motifs is 1. The highest BCUT2D eigenvalue weighted by Crippen LogP contribution is 2.52. The van der Waals surface area contributed by atoms with Gasteiger partial charge in [0.25, 0.3) is 0 Å². The van der Waals surface area contributed by atoms with Gasteiger partial charge in [0.05, 0.1) is 0 Å². The fourth-order valence-electron chi connectivity index (χ4n) is 4.10. The van der Waals surface area contributed by atoms with Crippen molar-refractivity contribution in [3.05, 3.63) is 12.2 Å². The molecule has 0 saturated heterocycles. The van der Waals surface area contributed by atoms with Gasteiger partial charge in [0.2, 0.25) is 0 Å². The summed E-state index contributed by atoms with van der Waals surface area (Å²) in [6.07, 6.45) is 7.70. The molecule has 0 aromatic rings. The van der Waals surface area contributed by atoms with Gasteiger partial charge in [0.15, 0.2) is 0 Å². The van der Waals surface area contributed by atoms with Crippen molar-refractivity contribution in [1.29, 1.82) is 0 Å². The van der Waals surface area contributed by atoms with Crippen LogP contribution in [0.25, 0.3) is 0 Å². The second-order valence-electron chi connectivity index (χ2n) is 6.49. The highest BCUT2D eigenvalue weighted by Gasteiger charge is 2.50. The van der Waals surface area contributed by atoms with E-state index in [2.05, 4.69) is 26.0 Å². The van der Waals surface area contributed by atoms with Crippen molar-refractivity contribution in [2.75, 3.05) is 13.2 Å². The summed E-state index contributed by atoms with van der Waals surface area (Å²) in [6.45, 7) is 4.39. The molecule has 108 valence electrons. The standard InChI is InChI=1S/C16H26O3/c1-11-3-5-13-9-12(10-18)4-6-14(13)16(11,2)15(19)7-8-17/h3,5,11-14,17-18H,4,6-10H2,1-2H3. The first kappa shape index (κ1) is 14.7. The van der Waals surface area contributed by atoms with E-state index in [1.165, 1.54) is 0 Å². The van der Waals surface area contributed by atoms with Crippen LogP contribution in [0.2, 0.25) is 0 Å². The monoisotopic (exact) mass is 266 g/mol. The van der Waals surface area contributed by atoms with Gasteiger partial charge in [-0.3, -0.25) is 4.79 Å². The van der Waals surface area contributed by atoms with Crippen molar-refractivity contribution >= 4 is 5.78 Å². The molecular formula is C16H26O3. The average Bonchev–Trinajstić information content (AvgIpc) is 2.42. The molecule has 2 aliphatic rings. The maximum absolute atomic E-state index is 12.5. The molecule has 3 heteroatoms. The minimum Gasteiger partial charge on any atom is -0.396 e. The van der Waals surface area contributed by atoms with Gasteiger partial charge in [0, 0.05) is 25.0 Å². The molecule has 5 unspecified atom stereocenters. The molecule has 0 heterocycles. The number of rotatable bonds is 4. The van der Waals surface area contributed by atoms with Gasteiger partial charge >= 0.3 is 0 Å². The molecule has 0 aromatic carbocycles. The van der Waals surface area contributed by atoms with Crippen LogP contribution in [-0.4, -0.2) is 29.2 Å². The van der Waals surface area contributed by atoms with Crippen LogP contribution >= 0.6 is 0 Å². The minimum absolute atomic E-state index is 0.0541. The van der Waals surface area contributed by atoms with E-state index in [4.69, 9.17) is 5.11 Å². The molecule has 5 atom stereocenters. The molecule has 19 heavy (non-hydrogen) atoms. The minimum atomic E-state index is -0.345. The van der Waals surface area contributed by atoms with Gasteiger partial charge in [-0.2, -0.15) is 0 Å². The SMILES string of the molecule is CC1C=CC2CC(CO)CCC2C1(C)C(=O)CCO. The van der Waals surface area contributed by atoms with Gasteiger partial charge in [0.1, 0.15) is 5.78 Å². The highest BCUT2D eigenvalue weighted by molar-refractivity contribution is 5.85. The summed E-state index contributed by atoms with van der Waals surface area (Å²) in [4.78, 5) is 12.5. The van der Waals surface area contributed by atoms with E-state index in [0.717, 1.165) is 19.3 Å². The van der Waals surface area contributed by atoms with Crippen LogP contribution in [0.5, 0.6) is 0 Å². The Morgan fingerprint density at radius 2 is 2.05 bits per heavy atom. The second kappa shape index (κ2) is 5.76. The first-order valence-electron chi connectivity index (χ1n) is 7.47. The summed E-state index contributed by atoms with van der Waals surface area (Å²) in [7, 11) is 0. The largest absolute Gasteiger partial charge is 0.396 e. The third-order valence-corrected chi connectivity index (χ3v) is 5.57. The van der Waals surface area contributed by atoms with Crippen molar-refractivity contribution in [3.63, 3.8) is 0 Å². The molecule has 0 aromatic heterocycles. The number of carbonyl (C=O) groups excluding carboxylic acids is 1. The van der Waals surface area contributed by atoms with Crippen LogP contribution in [0.1, 0.15) is 39.5 Å². The molecule has 0 amide bonds. The summed E-state index contributed by atoms with van der Waals surface area (Å²) in [5.74, 6) is 1.60. The summed E-state index contributed by atoms with van der Waals surface area (Å²) in [6, 6.07) is 0. The number of carbonyl (C=O) groups is 1. The Hall–Kier alpha value is -0.670. The van der Waals surface area contributed by atoms with E-state index in [-0.39, 0.29) is 36.8 Å². The normalized spacial score (nSPS) is 41.9. The number of aliphatic hydroxyl groups excluding tert-OH is 2. The van der Waals surface area contributed by atoms with Crippen LogP contribution in [0.4, 0.5) is 0 Å². The van der Waals surface area contributed by atoms with E-state index < -0.39 is 0 Å². The van der Waals surface area contributed by atoms with Crippen molar-refractivity contribution in [2.45, 2.75) is 39.5 Å². The first-order valence-corrected chi connectivity index (χ1v) is 7.47. The molecule has 3 nitrogen and oxygen atoms in total. The highest BCUT2D eigenvalue weighted by atomic mass is 16.3. The quantitative estimate of drug-likeness (QED) is 0.767. The number of hydrogen-bond acceptors (Lipinski definition) is 3. The lowest BCUT2D eigenvalue weighted by Gasteiger charge is -2.49. The summed E-state index contributed by atoms with van der Waals surface area (Å²) < 4.78 is 0. The van der Waals surface area contributed by atoms with Crippen LogP contribution in [-0.2, 0) is 4.79 Å². The lowest BCUT2D eigenvalue weighted by atomic mass is 9.54. The first-order chi connectivity index (χ1) is 9.03. The molecule has 0 spiro atoms. The number of aliphatic hydroxyl groups is 2. The van der Waals surface area contributed by atoms with E-state index in [1.807, 2.05) is 0 Å². The van der Waals surface area contributed by atoms with Crippen LogP contribution < -0.4 is 0 Å². The zero-order chi connectivity index (χ0) is 14.0. The maximum atomic E-state index is 12.5. The summed E-state index contributed by atoms with van der Waals surface area (Å²) >= 11 is 0. The molecule has 1 fully saturated rings. The van der Waals surface area contributed by atoms with Gasteiger partial charge in [-0.1, -0.05) is 26.0 Å². The smallest absolute Gasteiger partial charge is 0.141 e. The zero-order valence-corrected chi connectivity index (χ0v) is 12.0. The van der Waals surface area contributed by atoms with Crippen molar-refractivity contribution in [1.82, 2.24) is 0 Å². The Morgan fingerprint density at radius 3 is 2.68 bits per heavy atom. The average molecular weight is 266 g/mol. The predicted molar refractivity (Wildman–Crippen MR) is 74.5 cm³/mol. The summed E-state index contributed by atoms with van der Waals surface area (Å²) in [5.41, 5.74) is -0.345. The van der Waals surface area contributed by atoms with Gasteiger partial charge < -0.3 is 10.2 Å². The number of hydrogen-bond donors (Lipinski definition) is 2.